The Kier molecular flexibility index (Phi) is 6.71. The molecule has 1 aromatic heterocycles. The summed E-state index contributed by atoms with van der Waals surface area (Å²) < 4.78 is 40.4. The van der Waals surface area contributed by atoms with Crippen LogP contribution in [0.3, 0.4) is 0 Å². The van der Waals surface area contributed by atoms with Crippen LogP contribution in [0.4, 0.5) is 18.9 Å². The average molecular weight is 418 g/mol. The third-order valence-electron chi connectivity index (χ3n) is 4.65. The summed E-state index contributed by atoms with van der Waals surface area (Å²) in [5, 5.41) is 7.52. The number of nitrogens with one attached hydrogen (secondary N) is 2. The van der Waals surface area contributed by atoms with E-state index in [0.29, 0.717) is 0 Å². The Balaban J connectivity index is 1.78. The van der Waals surface area contributed by atoms with Gasteiger partial charge >= 0.3 is 0 Å². The Labute approximate surface area is 171 Å². The van der Waals surface area contributed by atoms with E-state index in [2.05, 4.69) is 17.6 Å². The summed E-state index contributed by atoms with van der Waals surface area (Å²) in [5.74, 6) is -4.90. The van der Waals surface area contributed by atoms with Crippen molar-refractivity contribution in [3.8, 4) is 0 Å². The number of amides is 1. The third-order valence-corrected chi connectivity index (χ3v) is 5.59. The molecule has 2 N–H and O–H groups in total. The highest BCUT2D eigenvalue weighted by Gasteiger charge is 2.23. The van der Waals surface area contributed by atoms with Crippen LogP contribution in [0.1, 0.15) is 35.9 Å². The van der Waals surface area contributed by atoms with Gasteiger partial charge in [0.2, 0.25) is 5.91 Å². The molecule has 0 aliphatic rings. The predicted octanol–water partition coefficient (Wildman–Crippen LogP) is 5.43. The maximum Gasteiger partial charge on any atom is 0.241 e. The van der Waals surface area contributed by atoms with Gasteiger partial charge in [0.05, 0.1) is 17.8 Å². The molecule has 0 spiro atoms. The Bertz CT molecular complexity index is 974. The summed E-state index contributed by atoms with van der Waals surface area (Å²) in [6, 6.07) is 12.8. The molecule has 0 aliphatic carbocycles. The molecule has 1 heterocycles. The number of benzene rings is 2. The lowest BCUT2D eigenvalue weighted by Gasteiger charge is -2.23. The first-order valence-electron chi connectivity index (χ1n) is 9.23. The molecule has 1 amide bonds. The molecule has 0 saturated heterocycles. The van der Waals surface area contributed by atoms with Gasteiger partial charge in [0, 0.05) is 4.88 Å². The van der Waals surface area contributed by atoms with Gasteiger partial charge in [-0.15, -0.1) is 11.3 Å². The molecule has 0 saturated carbocycles. The molecule has 0 fully saturated rings. The van der Waals surface area contributed by atoms with E-state index in [4.69, 9.17) is 0 Å². The summed E-state index contributed by atoms with van der Waals surface area (Å²) >= 11 is 1.55. The van der Waals surface area contributed by atoms with Crippen molar-refractivity contribution in [2.24, 2.45) is 0 Å². The zero-order chi connectivity index (χ0) is 21.0. The number of anilines is 1. The molecule has 0 bridgehead atoms. The smallest absolute Gasteiger partial charge is 0.241 e. The van der Waals surface area contributed by atoms with Gasteiger partial charge in [-0.3, -0.25) is 10.1 Å². The lowest BCUT2D eigenvalue weighted by molar-refractivity contribution is -0.117. The fourth-order valence-electron chi connectivity index (χ4n) is 2.93. The standard InChI is InChI=1S/C22H21F3N2OS/c1-3-14-6-8-15(9-7-14)21(18-5-4-12-29-18)26-13(2)22(28)27-17-11-10-16(23)19(24)20(17)25/h4-13,21,26H,3H2,1-2H3,(H,27,28)/t13-,21+/m0/s1. The van der Waals surface area contributed by atoms with Crippen LogP contribution in [-0.2, 0) is 11.2 Å². The van der Waals surface area contributed by atoms with E-state index in [0.717, 1.165) is 29.0 Å². The zero-order valence-electron chi connectivity index (χ0n) is 16.0. The lowest BCUT2D eigenvalue weighted by Crippen LogP contribution is -2.40. The first kappa shape index (κ1) is 21.1. The average Bonchev–Trinajstić information content (AvgIpc) is 3.27. The topological polar surface area (TPSA) is 41.1 Å². The van der Waals surface area contributed by atoms with Crippen LogP contribution in [0.5, 0.6) is 0 Å². The molecule has 3 nitrogen and oxygen atoms in total. The second-order valence-electron chi connectivity index (χ2n) is 6.64. The second kappa shape index (κ2) is 9.24. The van der Waals surface area contributed by atoms with E-state index < -0.39 is 35.1 Å². The number of rotatable bonds is 7. The first-order chi connectivity index (χ1) is 13.9. The van der Waals surface area contributed by atoms with E-state index in [1.54, 1.807) is 18.3 Å². The van der Waals surface area contributed by atoms with Crippen LogP contribution in [0.25, 0.3) is 0 Å². The lowest BCUT2D eigenvalue weighted by atomic mass is 10.0. The van der Waals surface area contributed by atoms with Gasteiger partial charge in [-0.1, -0.05) is 37.3 Å². The molecular formula is C22H21F3N2OS. The molecule has 7 heteroatoms. The van der Waals surface area contributed by atoms with Gasteiger partial charge in [0.15, 0.2) is 17.5 Å². The number of aryl methyl sites for hydroxylation is 1. The molecule has 0 unspecified atom stereocenters. The van der Waals surface area contributed by atoms with Crippen molar-refractivity contribution in [1.82, 2.24) is 5.32 Å². The molecule has 29 heavy (non-hydrogen) atoms. The molecule has 152 valence electrons. The van der Waals surface area contributed by atoms with Crippen LogP contribution < -0.4 is 10.6 Å². The fraction of sp³-hybridized carbons (Fsp3) is 0.227. The van der Waals surface area contributed by atoms with Crippen molar-refractivity contribution in [1.29, 1.82) is 0 Å². The quantitative estimate of drug-likeness (QED) is 0.502. The molecule has 3 rings (SSSR count). The van der Waals surface area contributed by atoms with E-state index >= 15 is 0 Å². The predicted molar refractivity (Wildman–Crippen MR) is 110 cm³/mol. The fourth-order valence-corrected chi connectivity index (χ4v) is 3.74. The van der Waals surface area contributed by atoms with E-state index in [1.807, 2.05) is 41.8 Å². The van der Waals surface area contributed by atoms with E-state index in [1.165, 1.54) is 5.56 Å². The minimum absolute atomic E-state index is 0.239. The number of halogens is 3. The molecule has 2 aromatic carbocycles. The first-order valence-corrected chi connectivity index (χ1v) is 10.1. The molecular weight excluding hydrogens is 397 g/mol. The number of thiophene rings is 1. The SMILES string of the molecule is CCc1ccc([C@@H](N[C@@H](C)C(=O)Nc2ccc(F)c(F)c2F)c2cccs2)cc1. The van der Waals surface area contributed by atoms with Crippen LogP contribution in [0.2, 0.25) is 0 Å². The van der Waals surface area contributed by atoms with Crippen LogP contribution in [-0.4, -0.2) is 11.9 Å². The van der Waals surface area contributed by atoms with Crippen molar-refractivity contribution in [3.05, 3.63) is 87.4 Å². The summed E-state index contributed by atoms with van der Waals surface area (Å²) in [5.41, 5.74) is 1.80. The molecule has 2 atom stereocenters. The van der Waals surface area contributed by atoms with Gasteiger partial charge in [-0.05, 0) is 48.1 Å². The maximum atomic E-state index is 13.9. The highest BCUT2D eigenvalue weighted by Crippen LogP contribution is 2.27. The number of carbonyl (C=O) groups is 1. The largest absolute Gasteiger partial charge is 0.322 e. The summed E-state index contributed by atoms with van der Waals surface area (Å²) in [6.45, 7) is 3.71. The van der Waals surface area contributed by atoms with Crippen molar-refractivity contribution in [3.63, 3.8) is 0 Å². The maximum absolute atomic E-state index is 13.9. The molecule has 3 aromatic rings. The minimum atomic E-state index is -1.61. The molecule has 0 radical (unpaired) electrons. The second-order valence-corrected chi connectivity index (χ2v) is 7.62. The van der Waals surface area contributed by atoms with Gasteiger partial charge in [-0.25, -0.2) is 13.2 Å². The number of hydrogen-bond acceptors (Lipinski definition) is 3. The van der Waals surface area contributed by atoms with Crippen molar-refractivity contribution in [2.75, 3.05) is 5.32 Å². The summed E-state index contributed by atoms with van der Waals surface area (Å²) in [7, 11) is 0. The van der Waals surface area contributed by atoms with Crippen molar-refractivity contribution < 1.29 is 18.0 Å². The Morgan fingerprint density at radius 2 is 1.76 bits per heavy atom. The van der Waals surface area contributed by atoms with Crippen molar-refractivity contribution >= 4 is 22.9 Å². The normalized spacial score (nSPS) is 13.1. The van der Waals surface area contributed by atoms with Gasteiger partial charge in [0.1, 0.15) is 0 Å². The van der Waals surface area contributed by atoms with Gasteiger partial charge in [-0.2, -0.15) is 0 Å². The Hall–Kier alpha value is -2.64. The minimum Gasteiger partial charge on any atom is -0.322 e. The highest BCUT2D eigenvalue weighted by molar-refractivity contribution is 7.10. The van der Waals surface area contributed by atoms with Crippen molar-refractivity contribution in [2.45, 2.75) is 32.4 Å². The molecule has 0 aliphatic heterocycles. The Morgan fingerprint density at radius 3 is 2.38 bits per heavy atom. The van der Waals surface area contributed by atoms with Gasteiger partial charge in [0.25, 0.3) is 0 Å². The monoisotopic (exact) mass is 418 g/mol. The van der Waals surface area contributed by atoms with Gasteiger partial charge < -0.3 is 5.32 Å². The number of carbonyl (C=O) groups excluding carboxylic acids is 1. The van der Waals surface area contributed by atoms with Crippen LogP contribution in [0.15, 0.2) is 53.9 Å². The van der Waals surface area contributed by atoms with E-state index in [9.17, 15) is 18.0 Å². The zero-order valence-corrected chi connectivity index (χ0v) is 16.8. The summed E-state index contributed by atoms with van der Waals surface area (Å²) in [4.78, 5) is 13.6. The third kappa shape index (κ3) is 4.86. The van der Waals surface area contributed by atoms with Crippen LogP contribution in [0, 0.1) is 17.5 Å². The van der Waals surface area contributed by atoms with Crippen LogP contribution >= 0.6 is 11.3 Å². The van der Waals surface area contributed by atoms with E-state index in [-0.39, 0.29) is 6.04 Å². The Morgan fingerprint density at radius 1 is 1.03 bits per heavy atom. The number of hydrogen-bond donors (Lipinski definition) is 2. The highest BCUT2D eigenvalue weighted by atomic mass is 32.1. The summed E-state index contributed by atoms with van der Waals surface area (Å²) in [6.07, 6.45) is 0.927.